The van der Waals surface area contributed by atoms with Crippen LogP contribution in [0.2, 0.25) is 0 Å². The normalized spacial score (nSPS) is 18.4. The Bertz CT molecular complexity index is 3210. The van der Waals surface area contributed by atoms with Gasteiger partial charge in [0.1, 0.15) is 42.7 Å². The highest BCUT2D eigenvalue weighted by Gasteiger charge is 2.34. The van der Waals surface area contributed by atoms with E-state index in [9.17, 15) is 0 Å². The highest BCUT2D eigenvalue weighted by atomic mass is 16.5. The number of benzene rings is 9. The van der Waals surface area contributed by atoms with Gasteiger partial charge in [-0.2, -0.15) is 0 Å². The van der Waals surface area contributed by atoms with E-state index >= 15 is 0 Å². The highest BCUT2D eigenvalue weighted by Crippen LogP contribution is 2.32. The van der Waals surface area contributed by atoms with Gasteiger partial charge in [0, 0.05) is 58.9 Å². The molecule has 3 heterocycles. The van der Waals surface area contributed by atoms with Gasteiger partial charge in [0.25, 0.3) is 0 Å². The first-order valence-electron chi connectivity index (χ1n) is 28.9. The SMILES string of the molecule is CC1(c2ccc(OCc3ccccc3)cc2)CN(Cc2ccccc2)CCO1.c1ccc(COc2ccc(C3CN(Cc4ccccc4)CCO3)cc2)cc1.c1ccc(COc2cccc(C3CN(Cc4ccccc4)CCO3)c2)cc1. The number of nitrogens with zero attached hydrogens (tertiary/aromatic N) is 3. The summed E-state index contributed by atoms with van der Waals surface area (Å²) in [6.45, 7) is 14.7. The van der Waals surface area contributed by atoms with E-state index in [1.165, 1.54) is 50.1 Å². The van der Waals surface area contributed by atoms with Crippen LogP contribution >= 0.6 is 0 Å². The Balaban J connectivity index is 0.000000138. The van der Waals surface area contributed by atoms with E-state index < -0.39 is 0 Å². The van der Waals surface area contributed by atoms with Crippen molar-refractivity contribution in [2.45, 2.75) is 64.2 Å². The standard InChI is InChI=1S/C25H27NO2.2C24H25NO2/c1-25(20-26(16-17-28-25)18-21-8-4-2-5-9-21)23-12-14-24(15-13-23)27-19-22-10-6-3-7-11-22;1-3-8-20(9-4-1)17-25-14-15-26-24(18-25)22-12-7-13-23(16-22)27-19-21-10-5-2-6-11-21;1-3-7-20(8-4-1)17-25-15-16-26-24(18-25)22-11-13-23(14-12-22)27-19-21-9-5-2-6-10-21/h2-15H,16-20H2,1H3;1-13,16,24H,14-15,17-19H2;1-14,24H,15-19H2. The van der Waals surface area contributed by atoms with Gasteiger partial charge < -0.3 is 28.4 Å². The number of morpholine rings is 3. The van der Waals surface area contributed by atoms with Crippen LogP contribution in [-0.2, 0) is 59.3 Å². The molecule has 9 nitrogen and oxygen atoms in total. The molecular weight excluding hydrogens is 1010 g/mol. The zero-order valence-corrected chi connectivity index (χ0v) is 47.3. The van der Waals surface area contributed by atoms with Gasteiger partial charge in [0.2, 0.25) is 0 Å². The van der Waals surface area contributed by atoms with Crippen LogP contribution in [0.25, 0.3) is 0 Å². The Morgan fingerprint density at radius 2 is 0.744 bits per heavy atom. The predicted octanol–water partition coefficient (Wildman–Crippen LogP) is 14.7. The lowest BCUT2D eigenvalue weighted by Crippen LogP contribution is -2.47. The second-order valence-corrected chi connectivity index (χ2v) is 21.4. The van der Waals surface area contributed by atoms with Gasteiger partial charge in [-0.25, -0.2) is 0 Å². The molecule has 9 heteroatoms. The Labute approximate surface area is 486 Å². The number of ether oxygens (including phenoxy) is 6. The summed E-state index contributed by atoms with van der Waals surface area (Å²) < 4.78 is 36.1. The van der Waals surface area contributed by atoms with Gasteiger partial charge in [0.05, 0.1) is 32.0 Å². The van der Waals surface area contributed by atoms with Crippen molar-refractivity contribution in [1.82, 2.24) is 14.7 Å². The molecule has 0 spiro atoms. The number of hydrogen-bond donors (Lipinski definition) is 0. The molecule has 0 saturated carbocycles. The van der Waals surface area contributed by atoms with Gasteiger partial charge in [-0.15, -0.1) is 0 Å². The molecule has 82 heavy (non-hydrogen) atoms. The van der Waals surface area contributed by atoms with Crippen molar-refractivity contribution in [1.29, 1.82) is 0 Å². The molecule has 3 aliphatic rings. The molecule has 12 rings (SSSR count). The van der Waals surface area contributed by atoms with Crippen molar-refractivity contribution in [3.63, 3.8) is 0 Å². The van der Waals surface area contributed by atoms with Gasteiger partial charge in [-0.1, -0.05) is 218 Å². The van der Waals surface area contributed by atoms with Crippen LogP contribution in [0.3, 0.4) is 0 Å². The summed E-state index contributed by atoms with van der Waals surface area (Å²) in [4.78, 5) is 7.39. The van der Waals surface area contributed by atoms with E-state index in [1.807, 2.05) is 84.9 Å². The average Bonchev–Trinajstić information content (AvgIpc) is 3.60. The molecule has 9 aromatic rings. The first-order valence-corrected chi connectivity index (χ1v) is 28.9. The minimum atomic E-state index is -0.301. The van der Waals surface area contributed by atoms with Gasteiger partial charge in [-0.3, -0.25) is 14.7 Å². The Morgan fingerprint density at radius 3 is 1.20 bits per heavy atom. The molecule has 3 aliphatic heterocycles. The molecule has 0 radical (unpaired) electrons. The van der Waals surface area contributed by atoms with Crippen LogP contribution in [0.4, 0.5) is 0 Å². The summed E-state index contributed by atoms with van der Waals surface area (Å²) in [5.74, 6) is 2.66. The first-order chi connectivity index (χ1) is 40.4. The second kappa shape index (κ2) is 30.3. The Hall–Kier alpha value is -7.86. The molecule has 0 aromatic heterocycles. The van der Waals surface area contributed by atoms with E-state index in [0.717, 1.165) is 96.0 Å². The third-order valence-electron chi connectivity index (χ3n) is 15.1. The monoisotopic (exact) mass is 1090 g/mol. The molecule has 0 aliphatic carbocycles. The van der Waals surface area contributed by atoms with E-state index in [2.05, 4.69) is 191 Å². The summed E-state index contributed by atoms with van der Waals surface area (Å²) >= 11 is 0. The lowest BCUT2D eigenvalue weighted by atomic mass is 9.93. The zero-order chi connectivity index (χ0) is 55.9. The van der Waals surface area contributed by atoms with Crippen LogP contribution in [0.15, 0.2) is 255 Å². The summed E-state index contributed by atoms with van der Waals surface area (Å²) in [5, 5.41) is 0. The minimum Gasteiger partial charge on any atom is -0.489 e. The predicted molar refractivity (Wildman–Crippen MR) is 327 cm³/mol. The van der Waals surface area contributed by atoms with Crippen LogP contribution in [0.5, 0.6) is 17.2 Å². The maximum absolute atomic E-state index is 6.21. The molecule has 420 valence electrons. The highest BCUT2D eigenvalue weighted by molar-refractivity contribution is 5.34. The fourth-order valence-electron chi connectivity index (χ4n) is 10.6. The fraction of sp³-hybridized carbons (Fsp3) is 0.260. The van der Waals surface area contributed by atoms with Crippen molar-refractivity contribution in [2.24, 2.45) is 0 Å². The summed E-state index contributed by atoms with van der Waals surface area (Å²) in [6.07, 6.45) is 0.202. The molecule has 0 amide bonds. The summed E-state index contributed by atoms with van der Waals surface area (Å²) in [6, 6.07) is 87.6. The third kappa shape index (κ3) is 17.8. The average molecular weight is 1090 g/mol. The van der Waals surface area contributed by atoms with E-state index in [1.54, 1.807) is 0 Å². The minimum absolute atomic E-state index is 0.0859. The van der Waals surface area contributed by atoms with Crippen LogP contribution in [0, 0.1) is 0 Å². The van der Waals surface area contributed by atoms with Gasteiger partial charge >= 0.3 is 0 Å². The van der Waals surface area contributed by atoms with Crippen LogP contribution in [0.1, 0.15) is 69.2 Å². The molecule has 0 N–H and O–H groups in total. The Kier molecular flexibility index (Phi) is 21.2. The molecular formula is C73H77N3O6. The van der Waals surface area contributed by atoms with Gasteiger partial charge in [-0.05, 0) is 93.4 Å². The van der Waals surface area contributed by atoms with Gasteiger partial charge in [0.15, 0.2) is 0 Å². The van der Waals surface area contributed by atoms with Crippen LogP contribution < -0.4 is 14.2 Å². The van der Waals surface area contributed by atoms with Crippen molar-refractivity contribution in [3.8, 4) is 17.2 Å². The number of rotatable bonds is 18. The van der Waals surface area contributed by atoms with Crippen LogP contribution in [-0.4, -0.2) is 73.8 Å². The summed E-state index contributed by atoms with van der Waals surface area (Å²) in [5.41, 5.74) is 10.8. The van der Waals surface area contributed by atoms with Crippen molar-refractivity contribution < 1.29 is 28.4 Å². The van der Waals surface area contributed by atoms with Crippen molar-refractivity contribution >= 4 is 0 Å². The quantitative estimate of drug-likeness (QED) is 0.0836. The smallest absolute Gasteiger partial charge is 0.120 e. The topological polar surface area (TPSA) is 65.1 Å². The van der Waals surface area contributed by atoms with Crippen molar-refractivity contribution in [2.75, 3.05) is 59.1 Å². The summed E-state index contributed by atoms with van der Waals surface area (Å²) in [7, 11) is 0. The lowest BCUT2D eigenvalue weighted by molar-refractivity contribution is -0.105. The molecule has 3 fully saturated rings. The maximum Gasteiger partial charge on any atom is 0.120 e. The first kappa shape index (κ1) is 57.4. The molecule has 9 aromatic carbocycles. The van der Waals surface area contributed by atoms with E-state index in [0.29, 0.717) is 19.8 Å². The maximum atomic E-state index is 6.21. The zero-order valence-electron chi connectivity index (χ0n) is 47.3. The second-order valence-electron chi connectivity index (χ2n) is 21.4. The molecule has 3 saturated heterocycles. The van der Waals surface area contributed by atoms with E-state index in [-0.39, 0.29) is 17.8 Å². The van der Waals surface area contributed by atoms with E-state index in [4.69, 9.17) is 28.4 Å². The fourth-order valence-corrected chi connectivity index (χ4v) is 10.6. The lowest BCUT2D eigenvalue weighted by Gasteiger charge is -2.41. The Morgan fingerprint density at radius 1 is 0.366 bits per heavy atom. The van der Waals surface area contributed by atoms with Crippen molar-refractivity contribution in [3.05, 3.63) is 305 Å². The molecule has 3 unspecified atom stereocenters. The number of hydrogen-bond acceptors (Lipinski definition) is 9. The molecule has 0 bridgehead atoms. The third-order valence-corrected chi connectivity index (χ3v) is 15.1. The largest absolute Gasteiger partial charge is 0.489 e. The molecule has 3 atom stereocenters.